The molecule has 2 atom stereocenters. The Kier molecular flexibility index (Phi) is 7.79. The zero-order valence-electron chi connectivity index (χ0n) is 21.9. The Hall–Kier alpha value is -2.84. The zero-order chi connectivity index (χ0) is 28.7. The Morgan fingerprint density at radius 3 is 2.38 bits per heavy atom. The molecule has 1 N–H and O–H groups in total. The molecule has 0 spiro atoms. The van der Waals surface area contributed by atoms with Gasteiger partial charge in [0.1, 0.15) is 23.9 Å². The second-order valence-electron chi connectivity index (χ2n) is 10.6. The molecule has 0 aromatic heterocycles. The van der Waals surface area contributed by atoms with Crippen molar-refractivity contribution in [3.05, 3.63) is 58.1 Å². The van der Waals surface area contributed by atoms with Crippen LogP contribution in [0.15, 0.2) is 47.4 Å². The summed E-state index contributed by atoms with van der Waals surface area (Å²) in [6.45, 7) is 0.462. The number of halogens is 2. The minimum atomic E-state index is -4.04. The third-order valence-electron chi connectivity index (χ3n) is 7.91. The van der Waals surface area contributed by atoms with Crippen molar-refractivity contribution in [1.82, 2.24) is 10.2 Å². The maximum atomic E-state index is 14.0. The lowest BCUT2D eigenvalue weighted by atomic mass is 9.94. The molecule has 1 aliphatic heterocycles. The number of amides is 2. The SMILES string of the molecule is COCCOc1ccc(S(=O)(=O)[C@@H]2C[C@@H](C(=O)NC3(C#N)CC3)N(C(=O)C3(c4ccc(Cl)cc4)CC3)C2)c(Cl)c1. The van der Waals surface area contributed by atoms with Gasteiger partial charge in [0.15, 0.2) is 9.84 Å². The predicted octanol–water partition coefficient (Wildman–Crippen LogP) is 3.67. The number of benzene rings is 2. The molecule has 2 aromatic rings. The third-order valence-corrected chi connectivity index (χ3v) is 10.8. The summed E-state index contributed by atoms with van der Waals surface area (Å²) in [7, 11) is -2.50. The van der Waals surface area contributed by atoms with Gasteiger partial charge >= 0.3 is 0 Å². The van der Waals surface area contributed by atoms with Crippen LogP contribution in [0.25, 0.3) is 0 Å². The van der Waals surface area contributed by atoms with E-state index < -0.39 is 38.0 Å². The molecule has 2 amide bonds. The van der Waals surface area contributed by atoms with Gasteiger partial charge in [0.2, 0.25) is 11.8 Å². The molecule has 0 radical (unpaired) electrons. The van der Waals surface area contributed by atoms with Crippen molar-refractivity contribution in [3.63, 3.8) is 0 Å². The molecule has 9 nitrogen and oxygen atoms in total. The summed E-state index contributed by atoms with van der Waals surface area (Å²) in [5.74, 6) is -0.432. The van der Waals surface area contributed by atoms with Crippen LogP contribution in [0.4, 0.5) is 0 Å². The maximum absolute atomic E-state index is 14.0. The largest absolute Gasteiger partial charge is 0.491 e. The summed E-state index contributed by atoms with van der Waals surface area (Å²) in [5, 5.41) is 11.7. The molecule has 2 aromatic carbocycles. The second kappa shape index (κ2) is 10.9. The van der Waals surface area contributed by atoms with Crippen LogP contribution in [0.1, 0.15) is 37.7 Å². The topological polar surface area (TPSA) is 126 Å². The van der Waals surface area contributed by atoms with Crippen LogP contribution in [-0.2, 0) is 29.6 Å². The molecule has 1 heterocycles. The van der Waals surface area contributed by atoms with Crippen LogP contribution >= 0.6 is 23.2 Å². The van der Waals surface area contributed by atoms with Crippen molar-refractivity contribution in [2.45, 2.75) is 59.2 Å². The molecule has 5 rings (SSSR count). The Morgan fingerprint density at radius 2 is 1.80 bits per heavy atom. The number of nitriles is 1. The molecule has 0 bridgehead atoms. The maximum Gasteiger partial charge on any atom is 0.244 e. The number of rotatable bonds is 10. The van der Waals surface area contributed by atoms with Gasteiger partial charge in [-0.15, -0.1) is 0 Å². The van der Waals surface area contributed by atoms with E-state index in [4.69, 9.17) is 32.7 Å². The predicted molar refractivity (Wildman–Crippen MR) is 148 cm³/mol. The minimum absolute atomic E-state index is 0.0121. The van der Waals surface area contributed by atoms with Crippen LogP contribution in [0.2, 0.25) is 10.0 Å². The summed E-state index contributed by atoms with van der Waals surface area (Å²) < 4.78 is 38.1. The number of likely N-dealkylation sites (tertiary alicyclic amines) is 1. The molecule has 1 saturated heterocycles. The van der Waals surface area contributed by atoms with E-state index in [9.17, 15) is 23.3 Å². The second-order valence-corrected chi connectivity index (χ2v) is 13.6. The molecule has 3 aliphatic rings. The lowest BCUT2D eigenvalue weighted by Crippen LogP contribution is -2.51. The smallest absolute Gasteiger partial charge is 0.244 e. The van der Waals surface area contributed by atoms with Crippen molar-refractivity contribution in [2.24, 2.45) is 0 Å². The van der Waals surface area contributed by atoms with Crippen molar-refractivity contribution in [1.29, 1.82) is 5.26 Å². The van der Waals surface area contributed by atoms with Gasteiger partial charge in [0, 0.05) is 24.7 Å². The van der Waals surface area contributed by atoms with Crippen LogP contribution in [0, 0.1) is 11.3 Å². The monoisotopic (exact) mass is 605 g/mol. The van der Waals surface area contributed by atoms with E-state index in [-0.39, 0.29) is 35.4 Å². The Labute approximate surface area is 243 Å². The van der Waals surface area contributed by atoms with Gasteiger partial charge in [-0.05, 0) is 61.9 Å². The van der Waals surface area contributed by atoms with Crippen LogP contribution in [0.5, 0.6) is 5.75 Å². The zero-order valence-corrected chi connectivity index (χ0v) is 24.2. The first-order valence-corrected chi connectivity index (χ1v) is 15.3. The van der Waals surface area contributed by atoms with Crippen molar-refractivity contribution in [3.8, 4) is 11.8 Å². The van der Waals surface area contributed by atoms with Gasteiger partial charge < -0.3 is 19.7 Å². The summed E-state index contributed by atoms with van der Waals surface area (Å²) in [5.41, 5.74) is -1.03. The Morgan fingerprint density at radius 1 is 1.10 bits per heavy atom. The Balaban J connectivity index is 1.43. The van der Waals surface area contributed by atoms with Gasteiger partial charge in [-0.2, -0.15) is 5.26 Å². The van der Waals surface area contributed by atoms with E-state index in [0.29, 0.717) is 43.1 Å². The van der Waals surface area contributed by atoms with Gasteiger partial charge in [-0.3, -0.25) is 9.59 Å². The molecule has 40 heavy (non-hydrogen) atoms. The quantitative estimate of drug-likeness (QED) is 0.409. The van der Waals surface area contributed by atoms with E-state index in [1.54, 1.807) is 31.4 Å². The number of carbonyl (C=O) groups excluding carboxylic acids is 2. The lowest BCUT2D eigenvalue weighted by molar-refractivity contribution is -0.140. The fourth-order valence-electron chi connectivity index (χ4n) is 5.22. The van der Waals surface area contributed by atoms with Gasteiger partial charge in [-0.1, -0.05) is 35.3 Å². The number of hydrogen-bond donors (Lipinski definition) is 1. The van der Waals surface area contributed by atoms with Crippen LogP contribution in [0.3, 0.4) is 0 Å². The summed E-state index contributed by atoms with van der Waals surface area (Å²) in [6.07, 6.45) is 2.07. The highest BCUT2D eigenvalue weighted by molar-refractivity contribution is 7.92. The highest BCUT2D eigenvalue weighted by atomic mass is 35.5. The average molecular weight is 607 g/mol. The number of sulfone groups is 1. The van der Waals surface area contributed by atoms with Gasteiger partial charge in [0.05, 0.1) is 33.3 Å². The first-order chi connectivity index (χ1) is 19.0. The van der Waals surface area contributed by atoms with Gasteiger partial charge in [0.25, 0.3) is 0 Å². The number of nitrogens with one attached hydrogen (secondary N) is 1. The normalized spacial score (nSPS) is 22.3. The van der Waals surface area contributed by atoms with Crippen LogP contribution < -0.4 is 10.1 Å². The summed E-state index contributed by atoms with van der Waals surface area (Å²) in [4.78, 5) is 28.7. The molecule has 3 fully saturated rings. The molecule has 2 aliphatic carbocycles. The number of carbonyl (C=O) groups is 2. The fraction of sp³-hybridized carbons (Fsp3) is 0.464. The van der Waals surface area contributed by atoms with Crippen LogP contribution in [-0.4, -0.2) is 68.8 Å². The van der Waals surface area contributed by atoms with E-state index in [2.05, 4.69) is 11.4 Å². The fourth-order valence-corrected chi connectivity index (χ4v) is 7.58. The Bertz CT molecular complexity index is 1470. The minimum Gasteiger partial charge on any atom is -0.491 e. The molecular formula is C28H29Cl2N3O6S. The molecular weight excluding hydrogens is 577 g/mol. The first kappa shape index (κ1) is 28.7. The molecule has 12 heteroatoms. The molecule has 0 unspecified atom stereocenters. The van der Waals surface area contributed by atoms with Crippen molar-refractivity contribution < 1.29 is 27.5 Å². The highest BCUT2D eigenvalue weighted by Crippen LogP contribution is 2.51. The van der Waals surface area contributed by atoms with Crippen molar-refractivity contribution >= 4 is 44.9 Å². The van der Waals surface area contributed by atoms with E-state index in [0.717, 1.165) is 5.56 Å². The van der Waals surface area contributed by atoms with E-state index in [1.165, 1.54) is 23.1 Å². The van der Waals surface area contributed by atoms with Gasteiger partial charge in [-0.25, -0.2) is 8.42 Å². The summed E-state index contributed by atoms with van der Waals surface area (Å²) >= 11 is 12.4. The third kappa shape index (κ3) is 5.40. The number of ether oxygens (including phenoxy) is 2. The highest BCUT2D eigenvalue weighted by Gasteiger charge is 2.58. The molecule has 2 saturated carbocycles. The lowest BCUT2D eigenvalue weighted by Gasteiger charge is -2.29. The van der Waals surface area contributed by atoms with E-state index >= 15 is 0 Å². The van der Waals surface area contributed by atoms with E-state index in [1.807, 2.05) is 0 Å². The first-order valence-electron chi connectivity index (χ1n) is 13.0. The number of nitrogens with zero attached hydrogens (tertiary/aromatic N) is 2. The average Bonchev–Trinajstić information content (AvgIpc) is 3.85. The summed E-state index contributed by atoms with van der Waals surface area (Å²) in [6, 6.07) is 12.4. The standard InChI is InChI=1S/C28H29Cl2N3O6S/c1-38-12-13-39-20-6-7-24(22(30)14-20)40(36,37)21-15-23(25(34)32-27(17-31)8-9-27)33(16-21)26(35)28(10-11-28)18-2-4-19(29)5-3-18/h2-7,14,21,23H,8-13,15-16H2,1H3,(H,32,34)/t21-,23+/m1/s1. The number of methoxy groups -OCH3 is 1. The molecule has 212 valence electrons. The van der Waals surface area contributed by atoms with Crippen molar-refractivity contribution in [2.75, 3.05) is 26.9 Å². The number of hydrogen-bond acceptors (Lipinski definition) is 7.